The molecule has 31 heavy (non-hydrogen) atoms. The molecule has 0 aliphatic carbocycles. The summed E-state index contributed by atoms with van der Waals surface area (Å²) in [7, 11) is 1.53. The van der Waals surface area contributed by atoms with Gasteiger partial charge in [0, 0.05) is 12.4 Å². The number of carboxylic acid groups (broad SMARTS) is 1. The number of carbonyl (C=O) groups excluding carboxylic acids is 3. The summed E-state index contributed by atoms with van der Waals surface area (Å²) in [4.78, 5) is 34.5. The number of amidine groups is 1. The van der Waals surface area contributed by atoms with Crippen molar-refractivity contribution in [2.45, 2.75) is 11.7 Å². The lowest BCUT2D eigenvalue weighted by Crippen LogP contribution is -2.31. The van der Waals surface area contributed by atoms with Gasteiger partial charge in [-0.1, -0.05) is 23.4 Å². The van der Waals surface area contributed by atoms with Gasteiger partial charge in [-0.25, -0.2) is 4.79 Å². The molecule has 0 bridgehead atoms. The number of hydrogen-bond acceptors (Lipinski definition) is 9. The van der Waals surface area contributed by atoms with E-state index in [0.717, 1.165) is 11.8 Å². The second-order valence-electron chi connectivity index (χ2n) is 6.13. The first-order valence-electron chi connectivity index (χ1n) is 8.80. The number of nitrogens with zero attached hydrogens (tertiary/aromatic N) is 2. The number of esters is 1. The summed E-state index contributed by atoms with van der Waals surface area (Å²) in [5.41, 5.74) is 0.908. The number of aliphatic carboxylic acids is 1. The number of benzene rings is 2. The largest absolute Gasteiger partial charge is 0.550 e. The molecule has 1 saturated heterocycles. The molecule has 0 aromatic heterocycles. The molecule has 1 atom stereocenters. The Labute approximate surface area is 186 Å². The maximum Gasteiger partial charge on any atom is 0.343 e. The molecule has 0 unspecified atom stereocenters. The van der Waals surface area contributed by atoms with Gasteiger partial charge >= 0.3 is 5.97 Å². The molecule has 1 aliphatic rings. The molecule has 160 valence electrons. The molecule has 3 rings (SSSR count). The van der Waals surface area contributed by atoms with E-state index in [0.29, 0.717) is 16.9 Å². The van der Waals surface area contributed by atoms with E-state index in [1.165, 1.54) is 25.5 Å². The van der Waals surface area contributed by atoms with Crippen LogP contribution in [0, 0.1) is 0 Å². The van der Waals surface area contributed by atoms with Crippen LogP contribution in [-0.2, 0) is 9.59 Å². The Morgan fingerprint density at radius 1 is 1.26 bits per heavy atom. The van der Waals surface area contributed by atoms with E-state index in [9.17, 15) is 19.5 Å². The number of carboxylic acids is 1. The topological polar surface area (TPSA) is 129 Å². The van der Waals surface area contributed by atoms with Gasteiger partial charge in [0.05, 0.1) is 29.2 Å². The normalized spacial score (nSPS) is 17.0. The first kappa shape index (κ1) is 22.3. The average Bonchev–Trinajstić information content (AvgIpc) is 3.08. The van der Waals surface area contributed by atoms with Crippen molar-refractivity contribution in [2.24, 2.45) is 10.2 Å². The third kappa shape index (κ3) is 6.06. The lowest BCUT2D eigenvalue weighted by Gasteiger charge is -2.07. The first-order valence-corrected chi connectivity index (χ1v) is 10.1. The van der Waals surface area contributed by atoms with Crippen LogP contribution in [0.15, 0.2) is 52.7 Å². The fraction of sp³-hybridized carbons (Fsp3) is 0.150. The summed E-state index contributed by atoms with van der Waals surface area (Å²) in [5, 5.41) is 20.3. The minimum Gasteiger partial charge on any atom is -0.550 e. The monoisotopic (exact) mass is 460 g/mol. The molecule has 2 aromatic carbocycles. The summed E-state index contributed by atoms with van der Waals surface area (Å²) in [6.45, 7) is 0. The van der Waals surface area contributed by atoms with Crippen LogP contribution < -0.4 is 19.9 Å². The van der Waals surface area contributed by atoms with Gasteiger partial charge in [-0.2, -0.15) is 5.10 Å². The molecule has 9 nitrogen and oxygen atoms in total. The number of ether oxygens (including phenoxy) is 2. The van der Waals surface area contributed by atoms with Gasteiger partial charge in [-0.05, 0) is 48.0 Å². The van der Waals surface area contributed by atoms with Crippen LogP contribution in [0.3, 0.4) is 0 Å². The molecule has 1 N–H and O–H groups in total. The molecular weight excluding hydrogens is 446 g/mol. The first-order chi connectivity index (χ1) is 14.9. The highest BCUT2D eigenvalue weighted by atomic mass is 35.5. The zero-order valence-electron chi connectivity index (χ0n) is 16.0. The van der Waals surface area contributed by atoms with Crippen molar-refractivity contribution >= 4 is 52.6 Å². The van der Waals surface area contributed by atoms with Gasteiger partial charge in [0.15, 0.2) is 5.17 Å². The Kier molecular flexibility index (Phi) is 7.27. The third-order valence-corrected chi connectivity index (χ3v) is 5.34. The van der Waals surface area contributed by atoms with E-state index >= 15 is 0 Å². The lowest BCUT2D eigenvalue weighted by atomic mass is 10.2. The number of rotatable bonds is 7. The molecular formula is C20H15ClN3O6S-. The van der Waals surface area contributed by atoms with Gasteiger partial charge in [0.2, 0.25) is 5.91 Å². The molecule has 0 radical (unpaired) electrons. The number of thioether (sulfide) groups is 1. The summed E-state index contributed by atoms with van der Waals surface area (Å²) >= 11 is 7.14. The van der Waals surface area contributed by atoms with Gasteiger partial charge in [-0.3, -0.25) is 4.79 Å². The predicted molar refractivity (Wildman–Crippen MR) is 114 cm³/mol. The van der Waals surface area contributed by atoms with Gasteiger partial charge in [0.25, 0.3) is 0 Å². The lowest BCUT2D eigenvalue weighted by molar-refractivity contribution is -0.305. The SMILES string of the molecule is COc1ccc(C(=O)Oc2ccc(/C=N\N=C3\NC(=O)[C@H](CC(=O)[O-])S3)cc2Cl)cc1. The van der Waals surface area contributed by atoms with Crippen molar-refractivity contribution in [3.63, 3.8) is 0 Å². The zero-order chi connectivity index (χ0) is 22.4. The fourth-order valence-electron chi connectivity index (χ4n) is 2.45. The average molecular weight is 461 g/mol. The molecule has 1 amide bonds. The molecule has 1 heterocycles. The van der Waals surface area contributed by atoms with Crippen LogP contribution in [-0.4, -0.2) is 41.6 Å². The minimum absolute atomic E-state index is 0.176. The number of amides is 1. The van der Waals surface area contributed by atoms with E-state index < -0.39 is 29.5 Å². The van der Waals surface area contributed by atoms with Crippen LogP contribution in [0.1, 0.15) is 22.3 Å². The van der Waals surface area contributed by atoms with E-state index in [4.69, 9.17) is 21.1 Å². The molecule has 1 aliphatic heterocycles. The summed E-state index contributed by atoms with van der Waals surface area (Å²) in [6, 6.07) is 11.1. The number of methoxy groups -OCH3 is 1. The highest BCUT2D eigenvalue weighted by Crippen LogP contribution is 2.26. The van der Waals surface area contributed by atoms with Crippen molar-refractivity contribution < 1.29 is 29.0 Å². The number of hydrogen-bond donors (Lipinski definition) is 1. The highest BCUT2D eigenvalue weighted by Gasteiger charge is 2.30. The van der Waals surface area contributed by atoms with E-state index in [1.54, 1.807) is 30.3 Å². The minimum atomic E-state index is -1.32. The van der Waals surface area contributed by atoms with Crippen LogP contribution in [0.4, 0.5) is 0 Å². The third-order valence-electron chi connectivity index (χ3n) is 3.97. The van der Waals surface area contributed by atoms with Crippen LogP contribution in [0.25, 0.3) is 0 Å². The Morgan fingerprint density at radius 3 is 2.65 bits per heavy atom. The quantitative estimate of drug-likeness (QED) is 0.287. The van der Waals surface area contributed by atoms with Crippen molar-refractivity contribution in [1.29, 1.82) is 0 Å². The van der Waals surface area contributed by atoms with E-state index in [2.05, 4.69) is 15.5 Å². The summed E-state index contributed by atoms with van der Waals surface area (Å²) in [6.07, 6.45) is 0.971. The van der Waals surface area contributed by atoms with Crippen LogP contribution in [0.2, 0.25) is 5.02 Å². The van der Waals surface area contributed by atoms with E-state index in [-0.39, 0.29) is 15.9 Å². The van der Waals surface area contributed by atoms with Crippen LogP contribution in [0.5, 0.6) is 11.5 Å². The standard InChI is InChI=1S/C20H16ClN3O6S/c1-29-13-5-3-12(4-6-13)19(28)30-15-7-2-11(8-14(15)21)10-22-24-20-23-18(27)16(31-20)9-17(25)26/h2-8,10,16H,9H2,1H3,(H,25,26)(H,23,24,27)/p-1/b22-10-/t16-/m0/s1. The Morgan fingerprint density at radius 2 is 2.00 bits per heavy atom. The highest BCUT2D eigenvalue weighted by molar-refractivity contribution is 8.15. The Hall–Kier alpha value is -3.37. The smallest absolute Gasteiger partial charge is 0.343 e. The number of halogens is 1. The molecule has 2 aromatic rings. The van der Waals surface area contributed by atoms with Crippen molar-refractivity contribution in [2.75, 3.05) is 7.11 Å². The van der Waals surface area contributed by atoms with Crippen LogP contribution >= 0.6 is 23.4 Å². The maximum absolute atomic E-state index is 12.2. The van der Waals surface area contributed by atoms with Crippen molar-refractivity contribution in [1.82, 2.24) is 5.32 Å². The summed E-state index contributed by atoms with van der Waals surface area (Å²) in [5.74, 6) is -1.56. The van der Waals surface area contributed by atoms with Gasteiger partial charge < -0.3 is 24.7 Å². The summed E-state index contributed by atoms with van der Waals surface area (Å²) < 4.78 is 10.4. The molecule has 1 fully saturated rings. The molecule has 11 heteroatoms. The number of nitrogens with one attached hydrogen (secondary N) is 1. The Bertz CT molecular complexity index is 1070. The predicted octanol–water partition coefficient (Wildman–Crippen LogP) is 1.63. The van der Waals surface area contributed by atoms with Gasteiger partial charge in [0.1, 0.15) is 11.5 Å². The zero-order valence-corrected chi connectivity index (χ0v) is 17.6. The molecule has 0 spiro atoms. The second kappa shape index (κ2) is 10.1. The fourth-order valence-corrected chi connectivity index (χ4v) is 3.59. The Balaban J connectivity index is 1.62. The second-order valence-corrected chi connectivity index (χ2v) is 7.73. The van der Waals surface area contributed by atoms with Crippen molar-refractivity contribution in [3.8, 4) is 11.5 Å². The van der Waals surface area contributed by atoms with Gasteiger partial charge in [-0.15, -0.1) is 5.10 Å². The molecule has 0 saturated carbocycles. The number of carbonyl (C=O) groups is 3. The van der Waals surface area contributed by atoms with Crippen molar-refractivity contribution in [3.05, 3.63) is 58.6 Å². The maximum atomic E-state index is 12.2. The van der Waals surface area contributed by atoms with E-state index in [1.807, 2.05) is 0 Å².